The summed E-state index contributed by atoms with van der Waals surface area (Å²) in [4.78, 5) is 0. The van der Waals surface area contributed by atoms with E-state index in [0.717, 1.165) is 18.9 Å². The van der Waals surface area contributed by atoms with E-state index in [9.17, 15) is 9.50 Å². The van der Waals surface area contributed by atoms with Crippen LogP contribution in [0.1, 0.15) is 37.8 Å². The zero-order valence-electron chi connectivity index (χ0n) is 9.77. The minimum Gasteiger partial charge on any atom is -0.508 e. The summed E-state index contributed by atoms with van der Waals surface area (Å²) in [7, 11) is 0. The highest BCUT2D eigenvalue weighted by atomic mass is 35.5. The molecule has 4 N–H and O–H groups in total. The third-order valence-electron chi connectivity index (χ3n) is 2.61. The Labute approximate surface area is 107 Å². The largest absolute Gasteiger partial charge is 0.508 e. The average molecular weight is 264 g/mol. The number of aromatic hydroxyl groups is 1. The lowest BCUT2D eigenvalue weighted by molar-refractivity contribution is 0.131. The van der Waals surface area contributed by atoms with Crippen molar-refractivity contribution < 1.29 is 14.6 Å². The standard InChI is InChI=1S/C12H18FNO2.ClH/c1-2-3-4-11(16)12(14)9-6-5-8(15)7-10(9)13;/h5-7,11-12,15-16H,2-4,14H2,1H3;1H/t11-,12+;/m0./s1. The van der Waals surface area contributed by atoms with E-state index in [1.807, 2.05) is 6.92 Å². The fraction of sp³-hybridized carbons (Fsp3) is 0.500. The van der Waals surface area contributed by atoms with Gasteiger partial charge < -0.3 is 15.9 Å². The molecule has 0 aromatic heterocycles. The topological polar surface area (TPSA) is 66.5 Å². The van der Waals surface area contributed by atoms with Gasteiger partial charge in [0.05, 0.1) is 12.1 Å². The van der Waals surface area contributed by atoms with E-state index in [0.29, 0.717) is 6.42 Å². The SMILES string of the molecule is CCCC[C@H](O)[C@H](N)c1ccc(O)cc1F.Cl. The number of phenols is 1. The van der Waals surface area contributed by atoms with Gasteiger partial charge in [-0.05, 0) is 12.5 Å². The third-order valence-corrected chi connectivity index (χ3v) is 2.61. The van der Waals surface area contributed by atoms with Crippen molar-refractivity contribution in [2.24, 2.45) is 5.73 Å². The predicted molar refractivity (Wildman–Crippen MR) is 67.8 cm³/mol. The van der Waals surface area contributed by atoms with Crippen LogP contribution < -0.4 is 5.73 Å². The molecule has 0 aliphatic carbocycles. The lowest BCUT2D eigenvalue weighted by atomic mass is 9.98. The first-order valence-electron chi connectivity index (χ1n) is 5.48. The second-order valence-electron chi connectivity index (χ2n) is 3.94. The van der Waals surface area contributed by atoms with Crippen molar-refractivity contribution in [1.82, 2.24) is 0 Å². The Morgan fingerprint density at radius 3 is 2.59 bits per heavy atom. The Hall–Kier alpha value is -0.840. The highest BCUT2D eigenvalue weighted by Gasteiger charge is 2.19. The first-order chi connectivity index (χ1) is 7.56. The van der Waals surface area contributed by atoms with Crippen LogP contribution in [0.15, 0.2) is 18.2 Å². The summed E-state index contributed by atoms with van der Waals surface area (Å²) < 4.78 is 13.4. The number of unbranched alkanes of at least 4 members (excludes halogenated alkanes) is 1. The van der Waals surface area contributed by atoms with Gasteiger partial charge in [0.25, 0.3) is 0 Å². The fourth-order valence-corrected chi connectivity index (χ4v) is 1.59. The van der Waals surface area contributed by atoms with Crippen molar-refractivity contribution in [3.05, 3.63) is 29.6 Å². The summed E-state index contributed by atoms with van der Waals surface area (Å²) >= 11 is 0. The molecule has 0 heterocycles. The number of aliphatic hydroxyl groups is 1. The Balaban J connectivity index is 0.00000256. The Bertz CT molecular complexity index is 349. The Morgan fingerprint density at radius 1 is 1.41 bits per heavy atom. The molecule has 17 heavy (non-hydrogen) atoms. The summed E-state index contributed by atoms with van der Waals surface area (Å²) in [6.45, 7) is 2.01. The van der Waals surface area contributed by atoms with Crippen LogP contribution >= 0.6 is 12.4 Å². The molecule has 1 aromatic rings. The number of nitrogens with two attached hydrogens (primary N) is 1. The normalized spacial score (nSPS) is 13.9. The molecule has 5 heteroatoms. The Kier molecular flexibility index (Phi) is 7.11. The van der Waals surface area contributed by atoms with E-state index < -0.39 is 18.0 Å². The molecule has 0 aliphatic heterocycles. The second kappa shape index (κ2) is 7.48. The molecule has 1 aromatic carbocycles. The van der Waals surface area contributed by atoms with Crippen LogP contribution in [0.2, 0.25) is 0 Å². The molecule has 0 bridgehead atoms. The van der Waals surface area contributed by atoms with E-state index >= 15 is 0 Å². The number of hydrogen-bond acceptors (Lipinski definition) is 3. The van der Waals surface area contributed by atoms with Crippen LogP contribution in [0.5, 0.6) is 5.75 Å². The van der Waals surface area contributed by atoms with Crippen LogP contribution in [0.25, 0.3) is 0 Å². The molecule has 3 nitrogen and oxygen atoms in total. The first-order valence-corrected chi connectivity index (χ1v) is 5.48. The van der Waals surface area contributed by atoms with E-state index in [1.54, 1.807) is 0 Å². The number of hydrogen-bond donors (Lipinski definition) is 3. The van der Waals surface area contributed by atoms with Gasteiger partial charge in [-0.3, -0.25) is 0 Å². The van der Waals surface area contributed by atoms with Crippen molar-refractivity contribution in [3.63, 3.8) is 0 Å². The Morgan fingerprint density at radius 2 is 2.06 bits per heavy atom. The number of benzene rings is 1. The van der Waals surface area contributed by atoms with Crippen LogP contribution in [0.3, 0.4) is 0 Å². The minimum atomic E-state index is -0.751. The molecule has 0 unspecified atom stereocenters. The van der Waals surface area contributed by atoms with Gasteiger partial charge in [0.1, 0.15) is 11.6 Å². The summed E-state index contributed by atoms with van der Waals surface area (Å²) in [5, 5.41) is 18.8. The zero-order valence-corrected chi connectivity index (χ0v) is 10.6. The van der Waals surface area contributed by atoms with E-state index in [4.69, 9.17) is 10.8 Å². The molecule has 0 saturated heterocycles. The van der Waals surface area contributed by atoms with Crippen molar-refractivity contribution in [3.8, 4) is 5.75 Å². The van der Waals surface area contributed by atoms with Gasteiger partial charge >= 0.3 is 0 Å². The maximum Gasteiger partial charge on any atom is 0.131 e. The molecule has 0 spiro atoms. The molecule has 0 aliphatic rings. The quantitative estimate of drug-likeness (QED) is 0.765. The average Bonchev–Trinajstić information content (AvgIpc) is 2.25. The lowest BCUT2D eigenvalue weighted by Crippen LogP contribution is -2.26. The van der Waals surface area contributed by atoms with Crippen molar-refractivity contribution in [2.75, 3.05) is 0 Å². The maximum absolute atomic E-state index is 13.4. The lowest BCUT2D eigenvalue weighted by Gasteiger charge is -2.19. The molecule has 98 valence electrons. The number of rotatable bonds is 5. The van der Waals surface area contributed by atoms with Gasteiger partial charge in [-0.25, -0.2) is 4.39 Å². The monoisotopic (exact) mass is 263 g/mol. The molecular formula is C12H19ClFNO2. The minimum absolute atomic E-state index is 0. The van der Waals surface area contributed by atoms with Gasteiger partial charge in [0, 0.05) is 11.6 Å². The maximum atomic E-state index is 13.4. The van der Waals surface area contributed by atoms with Crippen LogP contribution in [0.4, 0.5) is 4.39 Å². The van der Waals surface area contributed by atoms with Gasteiger partial charge in [-0.1, -0.05) is 25.8 Å². The molecule has 1 rings (SSSR count). The van der Waals surface area contributed by atoms with Gasteiger partial charge in [-0.2, -0.15) is 0 Å². The molecule has 2 atom stereocenters. The molecular weight excluding hydrogens is 245 g/mol. The van der Waals surface area contributed by atoms with E-state index in [-0.39, 0.29) is 23.7 Å². The summed E-state index contributed by atoms with van der Waals surface area (Å²) in [6.07, 6.45) is 1.62. The first kappa shape index (κ1) is 16.2. The van der Waals surface area contributed by atoms with Gasteiger partial charge in [-0.15, -0.1) is 12.4 Å². The molecule has 0 saturated carbocycles. The summed E-state index contributed by atoms with van der Waals surface area (Å²) in [6, 6.07) is 3.03. The van der Waals surface area contributed by atoms with Crippen molar-refractivity contribution in [2.45, 2.75) is 38.3 Å². The second-order valence-corrected chi connectivity index (χ2v) is 3.94. The van der Waals surface area contributed by atoms with Crippen LogP contribution in [-0.4, -0.2) is 16.3 Å². The van der Waals surface area contributed by atoms with Gasteiger partial charge in [0.2, 0.25) is 0 Å². The molecule has 0 fully saturated rings. The molecule has 0 amide bonds. The summed E-state index contributed by atoms with van der Waals surface area (Å²) in [5.74, 6) is -0.723. The zero-order chi connectivity index (χ0) is 12.1. The van der Waals surface area contributed by atoms with Crippen molar-refractivity contribution in [1.29, 1.82) is 0 Å². The smallest absolute Gasteiger partial charge is 0.131 e. The number of aliphatic hydroxyl groups excluding tert-OH is 1. The fourth-order valence-electron chi connectivity index (χ4n) is 1.59. The van der Waals surface area contributed by atoms with Crippen LogP contribution in [0, 0.1) is 5.82 Å². The highest BCUT2D eigenvalue weighted by Crippen LogP contribution is 2.23. The predicted octanol–water partition coefficient (Wildman–Crippen LogP) is 2.50. The van der Waals surface area contributed by atoms with E-state index in [1.165, 1.54) is 12.1 Å². The third kappa shape index (κ3) is 4.50. The van der Waals surface area contributed by atoms with Crippen molar-refractivity contribution >= 4 is 12.4 Å². The molecule has 0 radical (unpaired) electrons. The van der Waals surface area contributed by atoms with Crippen LogP contribution in [-0.2, 0) is 0 Å². The number of phenolic OH excluding ortho intramolecular Hbond substituents is 1. The highest BCUT2D eigenvalue weighted by molar-refractivity contribution is 5.85. The van der Waals surface area contributed by atoms with Gasteiger partial charge in [0.15, 0.2) is 0 Å². The van der Waals surface area contributed by atoms with E-state index in [2.05, 4.69) is 0 Å². The summed E-state index contributed by atoms with van der Waals surface area (Å²) in [5.41, 5.74) is 6.00. The number of halogens is 2.